The highest BCUT2D eigenvalue weighted by atomic mass is 16.1. The Labute approximate surface area is 147 Å². The van der Waals surface area contributed by atoms with Crippen molar-refractivity contribution in [2.45, 2.75) is 13.5 Å². The summed E-state index contributed by atoms with van der Waals surface area (Å²) in [6.07, 6.45) is 3.20. The fourth-order valence-corrected chi connectivity index (χ4v) is 2.79. The number of carbonyl (C=O) groups excluding carboxylic acids is 1. The maximum atomic E-state index is 11.5. The maximum absolute atomic E-state index is 11.5. The molecule has 3 aromatic rings. The number of hydrogen-bond donors (Lipinski definition) is 1. The molecular weight excluding hydrogens is 310 g/mol. The van der Waals surface area contributed by atoms with Crippen molar-refractivity contribution in [3.05, 3.63) is 78.5 Å². The summed E-state index contributed by atoms with van der Waals surface area (Å²) >= 11 is 0. The fourth-order valence-electron chi connectivity index (χ4n) is 2.79. The number of aromatic nitrogens is 2. The number of benzene rings is 2. The summed E-state index contributed by atoms with van der Waals surface area (Å²) in [4.78, 5) is 11.5. The third-order valence-electron chi connectivity index (χ3n) is 4.09. The standard InChI is InChI=1S/C21H21N3O/c1-4-21(25)22-14-18-9-8-17(16-7-5-6-15(2)12-16)13-19(18)20-10-11-24(3)23-20/h4-13H,1,14H2,2-3H3,(H,22,25). The van der Waals surface area contributed by atoms with Gasteiger partial charge in [0.1, 0.15) is 0 Å². The lowest BCUT2D eigenvalue weighted by atomic mass is 9.96. The van der Waals surface area contributed by atoms with Gasteiger partial charge in [0, 0.05) is 25.4 Å². The number of nitrogens with zero attached hydrogens (tertiary/aromatic N) is 2. The normalized spacial score (nSPS) is 10.5. The van der Waals surface area contributed by atoms with Crippen molar-refractivity contribution >= 4 is 5.91 Å². The molecule has 2 aromatic carbocycles. The van der Waals surface area contributed by atoms with Crippen LogP contribution in [0.4, 0.5) is 0 Å². The van der Waals surface area contributed by atoms with Gasteiger partial charge in [-0.15, -0.1) is 0 Å². The molecule has 1 aromatic heterocycles. The Balaban J connectivity index is 2.04. The van der Waals surface area contributed by atoms with Gasteiger partial charge in [0.2, 0.25) is 5.91 Å². The van der Waals surface area contributed by atoms with E-state index in [9.17, 15) is 4.79 Å². The first-order chi connectivity index (χ1) is 12.1. The minimum atomic E-state index is -0.185. The molecule has 0 bridgehead atoms. The van der Waals surface area contributed by atoms with E-state index in [0.29, 0.717) is 6.54 Å². The monoisotopic (exact) mass is 331 g/mol. The average Bonchev–Trinajstić information content (AvgIpc) is 3.05. The molecule has 0 radical (unpaired) electrons. The lowest BCUT2D eigenvalue weighted by Gasteiger charge is -2.12. The van der Waals surface area contributed by atoms with Crippen molar-refractivity contribution in [3.63, 3.8) is 0 Å². The predicted molar refractivity (Wildman–Crippen MR) is 101 cm³/mol. The van der Waals surface area contributed by atoms with Gasteiger partial charge in [-0.25, -0.2) is 0 Å². The quantitative estimate of drug-likeness (QED) is 0.722. The van der Waals surface area contributed by atoms with Crippen LogP contribution < -0.4 is 5.32 Å². The molecule has 4 nitrogen and oxygen atoms in total. The highest BCUT2D eigenvalue weighted by Gasteiger charge is 2.11. The first-order valence-corrected chi connectivity index (χ1v) is 8.17. The van der Waals surface area contributed by atoms with Crippen LogP contribution in [0, 0.1) is 6.92 Å². The summed E-state index contributed by atoms with van der Waals surface area (Å²) < 4.78 is 1.78. The molecule has 1 N–H and O–H groups in total. The first kappa shape index (κ1) is 16.7. The molecule has 0 spiro atoms. The van der Waals surface area contributed by atoms with Gasteiger partial charge in [0.25, 0.3) is 0 Å². The van der Waals surface area contributed by atoms with Crippen LogP contribution in [0.1, 0.15) is 11.1 Å². The lowest BCUT2D eigenvalue weighted by molar-refractivity contribution is -0.116. The second-order valence-electron chi connectivity index (χ2n) is 6.04. The molecule has 0 aliphatic heterocycles. The number of aryl methyl sites for hydroxylation is 2. The second kappa shape index (κ2) is 7.18. The lowest BCUT2D eigenvalue weighted by Crippen LogP contribution is -2.20. The SMILES string of the molecule is C=CC(=O)NCc1ccc(-c2cccc(C)c2)cc1-c1ccn(C)n1. The van der Waals surface area contributed by atoms with E-state index >= 15 is 0 Å². The first-order valence-electron chi connectivity index (χ1n) is 8.17. The van der Waals surface area contributed by atoms with Crippen molar-refractivity contribution in [2.24, 2.45) is 7.05 Å². The van der Waals surface area contributed by atoms with Crippen LogP contribution in [0.2, 0.25) is 0 Å². The minimum Gasteiger partial charge on any atom is -0.348 e. The van der Waals surface area contributed by atoms with Crippen LogP contribution in [0.5, 0.6) is 0 Å². The average molecular weight is 331 g/mol. The van der Waals surface area contributed by atoms with Crippen molar-refractivity contribution in [1.82, 2.24) is 15.1 Å². The van der Waals surface area contributed by atoms with E-state index < -0.39 is 0 Å². The zero-order valence-electron chi connectivity index (χ0n) is 14.5. The Kier molecular flexibility index (Phi) is 4.80. The molecule has 0 fully saturated rings. The van der Waals surface area contributed by atoms with Crippen LogP contribution in [0.15, 0.2) is 67.4 Å². The van der Waals surface area contributed by atoms with Gasteiger partial charge in [-0.3, -0.25) is 9.48 Å². The highest BCUT2D eigenvalue weighted by molar-refractivity contribution is 5.87. The van der Waals surface area contributed by atoms with E-state index in [4.69, 9.17) is 0 Å². The summed E-state index contributed by atoms with van der Waals surface area (Å²) in [6.45, 7) is 6.01. The van der Waals surface area contributed by atoms with Crippen molar-refractivity contribution < 1.29 is 4.79 Å². The van der Waals surface area contributed by atoms with E-state index in [-0.39, 0.29) is 5.91 Å². The molecule has 0 saturated heterocycles. The Morgan fingerprint density at radius 1 is 1.20 bits per heavy atom. The van der Waals surface area contributed by atoms with Gasteiger partial charge in [-0.1, -0.05) is 48.5 Å². The van der Waals surface area contributed by atoms with Gasteiger partial charge in [-0.2, -0.15) is 5.10 Å². The molecule has 4 heteroatoms. The fraction of sp³-hybridized carbons (Fsp3) is 0.143. The molecular formula is C21H21N3O. The summed E-state index contributed by atoms with van der Waals surface area (Å²) in [7, 11) is 1.90. The Hall–Kier alpha value is -3.14. The summed E-state index contributed by atoms with van der Waals surface area (Å²) in [5, 5.41) is 7.37. The van der Waals surface area contributed by atoms with Crippen molar-refractivity contribution in [3.8, 4) is 22.4 Å². The van der Waals surface area contributed by atoms with Gasteiger partial charge in [-0.05, 0) is 41.8 Å². The van der Waals surface area contributed by atoms with Crippen LogP contribution >= 0.6 is 0 Å². The molecule has 1 amide bonds. The molecule has 0 atom stereocenters. The zero-order valence-corrected chi connectivity index (χ0v) is 14.5. The molecule has 126 valence electrons. The van der Waals surface area contributed by atoms with Gasteiger partial charge in [0.05, 0.1) is 5.69 Å². The van der Waals surface area contributed by atoms with Crippen LogP contribution in [-0.2, 0) is 18.4 Å². The Morgan fingerprint density at radius 3 is 2.68 bits per heavy atom. The smallest absolute Gasteiger partial charge is 0.243 e. The Bertz CT molecular complexity index is 924. The number of hydrogen-bond acceptors (Lipinski definition) is 2. The number of amides is 1. The van der Waals surface area contributed by atoms with Gasteiger partial charge in [0.15, 0.2) is 0 Å². The molecule has 0 aliphatic carbocycles. The maximum Gasteiger partial charge on any atom is 0.243 e. The predicted octanol–water partition coefficient (Wildman–Crippen LogP) is 3.86. The third-order valence-corrected chi connectivity index (χ3v) is 4.09. The number of carbonyl (C=O) groups is 1. The van der Waals surface area contributed by atoms with E-state index in [1.807, 2.05) is 25.4 Å². The van der Waals surface area contributed by atoms with E-state index in [2.05, 4.69) is 60.3 Å². The van der Waals surface area contributed by atoms with Crippen molar-refractivity contribution in [1.29, 1.82) is 0 Å². The van der Waals surface area contributed by atoms with Crippen LogP contribution in [0.3, 0.4) is 0 Å². The second-order valence-corrected chi connectivity index (χ2v) is 6.04. The molecule has 0 saturated carbocycles. The third kappa shape index (κ3) is 3.86. The van der Waals surface area contributed by atoms with Crippen LogP contribution in [-0.4, -0.2) is 15.7 Å². The number of rotatable bonds is 5. The Morgan fingerprint density at radius 2 is 2.00 bits per heavy atom. The minimum absolute atomic E-state index is 0.185. The molecule has 3 rings (SSSR count). The van der Waals surface area contributed by atoms with Crippen molar-refractivity contribution in [2.75, 3.05) is 0 Å². The van der Waals surface area contributed by atoms with Crippen LogP contribution in [0.25, 0.3) is 22.4 Å². The molecule has 0 unspecified atom stereocenters. The largest absolute Gasteiger partial charge is 0.348 e. The van der Waals surface area contributed by atoms with Gasteiger partial charge < -0.3 is 5.32 Å². The molecule has 25 heavy (non-hydrogen) atoms. The molecule has 0 aliphatic rings. The number of nitrogens with one attached hydrogen (secondary N) is 1. The summed E-state index contributed by atoms with van der Waals surface area (Å²) in [5.74, 6) is -0.185. The zero-order chi connectivity index (χ0) is 17.8. The highest BCUT2D eigenvalue weighted by Crippen LogP contribution is 2.29. The van der Waals surface area contributed by atoms with E-state index in [1.165, 1.54) is 17.2 Å². The summed E-state index contributed by atoms with van der Waals surface area (Å²) in [5.41, 5.74) is 6.44. The van der Waals surface area contributed by atoms with E-state index in [1.54, 1.807) is 4.68 Å². The van der Waals surface area contributed by atoms with Gasteiger partial charge >= 0.3 is 0 Å². The topological polar surface area (TPSA) is 46.9 Å². The van der Waals surface area contributed by atoms with E-state index in [0.717, 1.165) is 22.4 Å². The molecule has 1 heterocycles. The summed E-state index contributed by atoms with van der Waals surface area (Å²) in [6, 6.07) is 16.6.